The van der Waals surface area contributed by atoms with Gasteiger partial charge < -0.3 is 25.2 Å². The molecule has 1 heterocycles. The number of benzene rings is 3. The number of nitrogens with one attached hydrogen (secondary N) is 1. The molecule has 3 N–H and O–H groups in total. The molecule has 0 atom stereocenters. The minimum atomic E-state index is -0.934. The Balaban J connectivity index is 0.000000221. The van der Waals surface area contributed by atoms with E-state index >= 15 is 0 Å². The summed E-state index contributed by atoms with van der Waals surface area (Å²) in [6, 6.07) is 13.3. The number of hydrogen-bond acceptors (Lipinski definition) is 6. The summed E-state index contributed by atoms with van der Waals surface area (Å²) < 4.78 is 44.6. The van der Waals surface area contributed by atoms with Gasteiger partial charge in [0.25, 0.3) is 0 Å². The Bertz CT molecular complexity index is 1320. The first kappa shape index (κ1) is 34.8. The van der Waals surface area contributed by atoms with Gasteiger partial charge in [0.15, 0.2) is 0 Å². The highest BCUT2D eigenvalue weighted by molar-refractivity contribution is 9.10. The van der Waals surface area contributed by atoms with Crippen LogP contribution >= 0.6 is 31.9 Å². The van der Waals surface area contributed by atoms with Gasteiger partial charge in [-0.1, -0.05) is 12.1 Å². The molecule has 224 valence electrons. The molecule has 6 nitrogen and oxygen atoms in total. The van der Waals surface area contributed by atoms with Crippen LogP contribution in [0.4, 0.5) is 18.9 Å². The maximum atomic E-state index is 13.8. The molecule has 11 heteroatoms. The van der Waals surface area contributed by atoms with Crippen molar-refractivity contribution in [1.29, 1.82) is 0 Å². The molecule has 1 aliphatic rings. The zero-order valence-corrected chi connectivity index (χ0v) is 26.7. The van der Waals surface area contributed by atoms with Crippen molar-refractivity contribution in [3.05, 3.63) is 92.1 Å². The van der Waals surface area contributed by atoms with Gasteiger partial charge >= 0.3 is 5.97 Å². The Hall–Kier alpha value is -2.44. The molecular formula is C30H35Br2F3N2O4. The predicted molar refractivity (Wildman–Crippen MR) is 161 cm³/mol. The second kappa shape index (κ2) is 15.2. The molecule has 0 aliphatic carbocycles. The van der Waals surface area contributed by atoms with Gasteiger partial charge in [-0.2, -0.15) is 0 Å². The van der Waals surface area contributed by atoms with E-state index in [1.165, 1.54) is 37.3 Å². The van der Waals surface area contributed by atoms with Crippen LogP contribution in [0, 0.1) is 17.5 Å². The second-order valence-corrected chi connectivity index (χ2v) is 12.0. The van der Waals surface area contributed by atoms with Crippen LogP contribution in [0.15, 0.2) is 63.5 Å². The Morgan fingerprint density at radius 2 is 1.27 bits per heavy atom. The van der Waals surface area contributed by atoms with E-state index in [1.807, 2.05) is 4.90 Å². The Kier molecular flexibility index (Phi) is 12.8. The van der Waals surface area contributed by atoms with Gasteiger partial charge in [0.2, 0.25) is 0 Å². The fourth-order valence-corrected chi connectivity index (χ4v) is 4.36. The Labute approximate surface area is 255 Å². The minimum Gasteiger partial charge on any atom is -0.427 e. The zero-order valence-electron chi connectivity index (χ0n) is 23.6. The molecule has 0 spiro atoms. The van der Waals surface area contributed by atoms with Gasteiger partial charge in [0, 0.05) is 33.1 Å². The van der Waals surface area contributed by atoms with Crippen molar-refractivity contribution in [2.24, 2.45) is 0 Å². The number of carbonyl (C=O) groups excluding carboxylic acids is 1. The standard InChI is InChI=1S/C13H19FN2O.C9H10BrFO.C8H6BrFO2/c1-13(2,17)10-3-4-11(14)12(9-10)16-7-5-15-6-8-16;1-9(2,12)6-3-4-8(11)7(10)5-6;1-5(11)12-6-2-3-8(10)7(9)4-6/h3-4,9,15,17H,5-8H2,1-2H3;3-5,12H,1-2H3;2-4H,1H3. The lowest BCUT2D eigenvalue weighted by atomic mass is 9.97. The molecule has 0 bridgehead atoms. The molecule has 0 saturated carbocycles. The van der Waals surface area contributed by atoms with E-state index in [1.54, 1.807) is 52.0 Å². The molecule has 3 aromatic rings. The number of anilines is 1. The van der Waals surface area contributed by atoms with Crippen molar-refractivity contribution >= 4 is 43.5 Å². The highest BCUT2D eigenvalue weighted by Gasteiger charge is 2.21. The second-order valence-electron chi connectivity index (χ2n) is 10.3. The highest BCUT2D eigenvalue weighted by atomic mass is 79.9. The molecule has 0 unspecified atom stereocenters. The Morgan fingerprint density at radius 1 is 0.805 bits per heavy atom. The average molecular weight is 704 g/mol. The number of esters is 1. The van der Waals surface area contributed by atoms with E-state index in [4.69, 9.17) is 4.74 Å². The number of rotatable bonds is 4. The summed E-state index contributed by atoms with van der Waals surface area (Å²) in [5, 5.41) is 22.7. The van der Waals surface area contributed by atoms with Gasteiger partial charge in [-0.25, -0.2) is 13.2 Å². The Morgan fingerprint density at radius 3 is 1.73 bits per heavy atom. The molecule has 1 saturated heterocycles. The van der Waals surface area contributed by atoms with Crippen LogP contribution in [-0.2, 0) is 16.0 Å². The molecule has 1 fully saturated rings. The molecule has 0 aromatic heterocycles. The fraction of sp³-hybridized carbons (Fsp3) is 0.367. The van der Waals surface area contributed by atoms with Gasteiger partial charge in [0.05, 0.1) is 25.8 Å². The van der Waals surface area contributed by atoms with E-state index in [0.717, 1.165) is 31.7 Å². The average Bonchev–Trinajstić information content (AvgIpc) is 2.88. The van der Waals surface area contributed by atoms with E-state index < -0.39 is 17.2 Å². The fourth-order valence-electron chi connectivity index (χ4n) is 3.62. The topological polar surface area (TPSA) is 82.0 Å². The van der Waals surface area contributed by atoms with Crippen molar-refractivity contribution in [3.8, 4) is 5.75 Å². The largest absolute Gasteiger partial charge is 0.427 e. The number of carbonyl (C=O) groups is 1. The molecular weight excluding hydrogens is 669 g/mol. The number of halogens is 5. The number of nitrogens with zero attached hydrogens (tertiary/aromatic N) is 1. The van der Waals surface area contributed by atoms with E-state index in [0.29, 0.717) is 21.5 Å². The third-order valence-electron chi connectivity index (χ3n) is 5.89. The summed E-state index contributed by atoms with van der Waals surface area (Å²) in [4.78, 5) is 12.5. The van der Waals surface area contributed by atoms with Crippen LogP contribution in [0.5, 0.6) is 5.75 Å². The van der Waals surface area contributed by atoms with Crippen LogP contribution in [0.3, 0.4) is 0 Å². The van der Waals surface area contributed by atoms with Crippen LogP contribution in [0.25, 0.3) is 0 Å². The van der Waals surface area contributed by atoms with Crippen molar-refractivity contribution < 1.29 is 32.9 Å². The molecule has 4 rings (SSSR count). The van der Waals surface area contributed by atoms with Crippen LogP contribution in [-0.4, -0.2) is 42.4 Å². The van der Waals surface area contributed by atoms with Gasteiger partial charge in [-0.3, -0.25) is 4.79 Å². The summed E-state index contributed by atoms with van der Waals surface area (Å²) >= 11 is 6.02. The van der Waals surface area contributed by atoms with Crippen LogP contribution in [0.1, 0.15) is 45.7 Å². The van der Waals surface area contributed by atoms with Crippen molar-refractivity contribution in [3.63, 3.8) is 0 Å². The number of piperazine rings is 1. The van der Waals surface area contributed by atoms with Crippen molar-refractivity contribution in [1.82, 2.24) is 5.32 Å². The molecule has 0 amide bonds. The number of aliphatic hydroxyl groups is 2. The maximum Gasteiger partial charge on any atom is 0.308 e. The van der Waals surface area contributed by atoms with Crippen molar-refractivity contribution in [2.45, 2.75) is 45.8 Å². The van der Waals surface area contributed by atoms with Crippen LogP contribution in [0.2, 0.25) is 0 Å². The monoisotopic (exact) mass is 702 g/mol. The third kappa shape index (κ3) is 11.4. The number of ether oxygens (including phenoxy) is 1. The summed E-state index contributed by atoms with van der Waals surface area (Å²) in [5.74, 6) is -1.02. The van der Waals surface area contributed by atoms with Gasteiger partial charge in [-0.05, 0) is 113 Å². The third-order valence-corrected chi connectivity index (χ3v) is 7.10. The molecule has 0 radical (unpaired) electrons. The lowest BCUT2D eigenvalue weighted by Crippen LogP contribution is -2.44. The molecule has 1 aliphatic heterocycles. The normalized spacial score (nSPS) is 13.4. The summed E-state index contributed by atoms with van der Waals surface area (Å²) in [7, 11) is 0. The van der Waals surface area contributed by atoms with Crippen LogP contribution < -0.4 is 15.0 Å². The first-order valence-corrected chi connectivity index (χ1v) is 14.4. The smallest absolute Gasteiger partial charge is 0.308 e. The number of hydrogen-bond donors (Lipinski definition) is 3. The summed E-state index contributed by atoms with van der Waals surface area (Å²) in [6.45, 7) is 11.4. The summed E-state index contributed by atoms with van der Waals surface area (Å²) in [5.41, 5.74) is 0.168. The SMILES string of the molecule is CC(=O)Oc1ccc(F)c(Br)c1.CC(C)(O)c1ccc(F)c(Br)c1.CC(C)(O)c1ccc(F)c(N2CCNCC2)c1. The quantitative estimate of drug-likeness (QED) is 0.205. The van der Waals surface area contributed by atoms with E-state index in [9.17, 15) is 28.2 Å². The van der Waals surface area contributed by atoms with Gasteiger partial charge in [0.1, 0.15) is 23.2 Å². The minimum absolute atomic E-state index is 0.222. The highest BCUT2D eigenvalue weighted by Crippen LogP contribution is 2.28. The molecule has 3 aromatic carbocycles. The lowest BCUT2D eigenvalue weighted by Gasteiger charge is -2.31. The predicted octanol–water partition coefficient (Wildman–Crippen LogP) is 6.79. The summed E-state index contributed by atoms with van der Waals surface area (Å²) in [6.07, 6.45) is 0. The maximum absolute atomic E-state index is 13.8. The van der Waals surface area contributed by atoms with E-state index in [-0.39, 0.29) is 21.9 Å². The zero-order chi connectivity index (χ0) is 31.0. The first-order chi connectivity index (χ1) is 19.0. The lowest BCUT2D eigenvalue weighted by molar-refractivity contribution is -0.131. The first-order valence-electron chi connectivity index (χ1n) is 12.8. The van der Waals surface area contributed by atoms with E-state index in [2.05, 4.69) is 37.2 Å². The molecule has 41 heavy (non-hydrogen) atoms. The van der Waals surface area contributed by atoms with Crippen molar-refractivity contribution in [2.75, 3.05) is 31.1 Å². The van der Waals surface area contributed by atoms with Gasteiger partial charge in [-0.15, -0.1) is 0 Å².